The first-order valence-electron chi connectivity index (χ1n) is 6.88. The Morgan fingerprint density at radius 3 is 2.70 bits per heavy atom. The third-order valence-electron chi connectivity index (χ3n) is 3.63. The molecule has 0 aromatic heterocycles. The number of nitrogens with two attached hydrogens (primary N) is 1. The number of carbonyl (C=O) groups is 1. The van der Waals surface area contributed by atoms with Gasteiger partial charge in [-0.1, -0.05) is 36.4 Å². The van der Waals surface area contributed by atoms with E-state index in [9.17, 15) is 4.79 Å². The molecule has 0 unspecified atom stereocenters. The summed E-state index contributed by atoms with van der Waals surface area (Å²) < 4.78 is 5.70. The summed E-state index contributed by atoms with van der Waals surface area (Å²) in [4.78, 5) is 12.6. The zero-order chi connectivity index (χ0) is 13.9. The average Bonchev–Trinajstić information content (AvgIpc) is 2.54. The van der Waals surface area contributed by atoms with E-state index in [2.05, 4.69) is 0 Å². The van der Waals surface area contributed by atoms with Crippen molar-refractivity contribution < 1.29 is 9.53 Å². The first kappa shape index (κ1) is 12.9. The molecule has 2 N–H and O–H groups in total. The number of ether oxygens (including phenoxy) is 1. The lowest BCUT2D eigenvalue weighted by atomic mass is 9.96. The monoisotopic (exact) mass is 267 g/mol. The number of benzene rings is 2. The van der Waals surface area contributed by atoms with E-state index in [0.717, 1.165) is 29.7 Å². The molecule has 1 aliphatic heterocycles. The number of fused-ring (bicyclic) bond motifs is 1. The highest BCUT2D eigenvalue weighted by atomic mass is 16.5. The maximum absolute atomic E-state index is 12.6. The van der Waals surface area contributed by atoms with Gasteiger partial charge in [-0.3, -0.25) is 4.79 Å². The second kappa shape index (κ2) is 5.47. The number of aryl methyl sites for hydroxylation is 1. The van der Waals surface area contributed by atoms with Crippen molar-refractivity contribution in [2.45, 2.75) is 19.4 Å². The fourth-order valence-electron chi connectivity index (χ4n) is 2.52. The molecule has 0 atom stereocenters. The van der Waals surface area contributed by atoms with Crippen molar-refractivity contribution in [2.24, 2.45) is 5.73 Å². The van der Waals surface area contributed by atoms with Gasteiger partial charge in [0.05, 0.1) is 12.2 Å². The predicted molar refractivity (Wildman–Crippen MR) is 78.0 cm³/mol. The number of carbonyl (C=O) groups excluding carboxylic acids is 1. The van der Waals surface area contributed by atoms with Crippen LogP contribution in [0, 0.1) is 0 Å². The standard InChI is InChI=1S/C17H17NO2/c18-11-12-6-8-13(9-7-12)16(19)15-5-1-3-14-4-2-10-20-17(14)15/h1,3,5-9H,2,4,10-11,18H2. The SMILES string of the molecule is NCc1ccc(C(=O)c2cccc3c2OCCC3)cc1. The number of hydrogen-bond acceptors (Lipinski definition) is 3. The quantitative estimate of drug-likeness (QED) is 0.870. The van der Waals surface area contributed by atoms with Crippen LogP contribution >= 0.6 is 0 Å². The molecule has 0 saturated carbocycles. The van der Waals surface area contributed by atoms with E-state index in [1.807, 2.05) is 42.5 Å². The molecule has 0 spiro atoms. The highest BCUT2D eigenvalue weighted by molar-refractivity contribution is 6.11. The summed E-state index contributed by atoms with van der Waals surface area (Å²) in [7, 11) is 0. The van der Waals surface area contributed by atoms with E-state index in [1.165, 1.54) is 0 Å². The summed E-state index contributed by atoms with van der Waals surface area (Å²) in [6.45, 7) is 1.17. The molecule has 3 rings (SSSR count). The summed E-state index contributed by atoms with van der Waals surface area (Å²) in [6, 6.07) is 13.2. The van der Waals surface area contributed by atoms with Crippen molar-refractivity contribution in [3.8, 4) is 5.75 Å². The summed E-state index contributed by atoms with van der Waals surface area (Å²) >= 11 is 0. The lowest BCUT2D eigenvalue weighted by Gasteiger charge is -2.19. The van der Waals surface area contributed by atoms with Gasteiger partial charge in [0.1, 0.15) is 5.75 Å². The van der Waals surface area contributed by atoms with Crippen LogP contribution in [0.3, 0.4) is 0 Å². The first-order valence-corrected chi connectivity index (χ1v) is 6.88. The Kier molecular flexibility index (Phi) is 3.52. The molecule has 0 fully saturated rings. The van der Waals surface area contributed by atoms with Crippen LogP contribution in [0.1, 0.15) is 33.5 Å². The van der Waals surface area contributed by atoms with Crippen molar-refractivity contribution in [3.05, 3.63) is 64.7 Å². The molecule has 3 nitrogen and oxygen atoms in total. The van der Waals surface area contributed by atoms with E-state index in [4.69, 9.17) is 10.5 Å². The Bertz CT molecular complexity index is 632. The van der Waals surface area contributed by atoms with E-state index in [0.29, 0.717) is 24.3 Å². The normalized spacial score (nSPS) is 13.4. The molecule has 1 heterocycles. The Morgan fingerprint density at radius 1 is 1.15 bits per heavy atom. The van der Waals surface area contributed by atoms with Crippen molar-refractivity contribution in [3.63, 3.8) is 0 Å². The molecule has 3 heteroatoms. The first-order chi connectivity index (χ1) is 9.79. The number of rotatable bonds is 3. The Balaban J connectivity index is 1.97. The summed E-state index contributed by atoms with van der Waals surface area (Å²) in [5, 5.41) is 0. The van der Waals surface area contributed by atoms with Gasteiger partial charge in [0.15, 0.2) is 5.78 Å². The average molecular weight is 267 g/mol. The van der Waals surface area contributed by atoms with Crippen LogP contribution in [0.4, 0.5) is 0 Å². The number of hydrogen-bond donors (Lipinski definition) is 1. The third-order valence-corrected chi connectivity index (χ3v) is 3.63. The van der Waals surface area contributed by atoms with Gasteiger partial charge in [0, 0.05) is 12.1 Å². The van der Waals surface area contributed by atoms with E-state index < -0.39 is 0 Å². The Labute approximate surface area is 118 Å². The molecule has 102 valence electrons. The smallest absolute Gasteiger partial charge is 0.196 e. The highest BCUT2D eigenvalue weighted by Gasteiger charge is 2.19. The zero-order valence-corrected chi connectivity index (χ0v) is 11.3. The van der Waals surface area contributed by atoms with Gasteiger partial charge in [0.2, 0.25) is 0 Å². The minimum Gasteiger partial charge on any atom is -0.493 e. The summed E-state index contributed by atoms with van der Waals surface area (Å²) in [5.74, 6) is 0.763. The Morgan fingerprint density at radius 2 is 1.95 bits per heavy atom. The van der Waals surface area contributed by atoms with E-state index >= 15 is 0 Å². The molecule has 20 heavy (non-hydrogen) atoms. The molecular formula is C17H17NO2. The Hall–Kier alpha value is -2.13. The van der Waals surface area contributed by atoms with Crippen LogP contribution in [0.2, 0.25) is 0 Å². The van der Waals surface area contributed by atoms with Crippen LogP contribution in [0.15, 0.2) is 42.5 Å². The molecule has 1 aliphatic rings. The summed E-state index contributed by atoms with van der Waals surface area (Å²) in [6.07, 6.45) is 1.98. The van der Waals surface area contributed by atoms with Gasteiger partial charge < -0.3 is 10.5 Å². The minimum absolute atomic E-state index is 0.00678. The van der Waals surface area contributed by atoms with Crippen LogP contribution in [0.25, 0.3) is 0 Å². The van der Waals surface area contributed by atoms with Crippen molar-refractivity contribution in [1.29, 1.82) is 0 Å². The minimum atomic E-state index is 0.00678. The maximum Gasteiger partial charge on any atom is 0.196 e. The van der Waals surface area contributed by atoms with Gasteiger partial charge in [-0.2, -0.15) is 0 Å². The lowest BCUT2D eigenvalue weighted by molar-refractivity contribution is 0.103. The van der Waals surface area contributed by atoms with Gasteiger partial charge in [-0.25, -0.2) is 0 Å². The highest BCUT2D eigenvalue weighted by Crippen LogP contribution is 2.30. The van der Waals surface area contributed by atoms with Crippen LogP contribution < -0.4 is 10.5 Å². The van der Waals surface area contributed by atoms with E-state index in [1.54, 1.807) is 0 Å². The predicted octanol–water partition coefficient (Wildman–Crippen LogP) is 2.70. The molecular weight excluding hydrogens is 250 g/mol. The van der Waals surface area contributed by atoms with Gasteiger partial charge in [-0.05, 0) is 30.0 Å². The molecule has 0 saturated heterocycles. The lowest BCUT2D eigenvalue weighted by Crippen LogP contribution is -2.13. The molecule has 2 aromatic carbocycles. The fraction of sp³-hybridized carbons (Fsp3) is 0.235. The second-order valence-electron chi connectivity index (χ2n) is 4.98. The fourth-order valence-corrected chi connectivity index (χ4v) is 2.52. The summed E-state index contributed by atoms with van der Waals surface area (Å²) in [5.41, 5.74) is 9.05. The zero-order valence-electron chi connectivity index (χ0n) is 11.3. The van der Waals surface area contributed by atoms with Crippen molar-refractivity contribution in [1.82, 2.24) is 0 Å². The third kappa shape index (κ3) is 2.32. The largest absolute Gasteiger partial charge is 0.493 e. The van der Waals surface area contributed by atoms with Gasteiger partial charge in [-0.15, -0.1) is 0 Å². The van der Waals surface area contributed by atoms with Crippen molar-refractivity contribution in [2.75, 3.05) is 6.61 Å². The van der Waals surface area contributed by atoms with Crippen LogP contribution in [-0.4, -0.2) is 12.4 Å². The van der Waals surface area contributed by atoms with Crippen molar-refractivity contribution >= 4 is 5.78 Å². The molecule has 0 aliphatic carbocycles. The molecule has 0 amide bonds. The van der Waals surface area contributed by atoms with Gasteiger partial charge in [0.25, 0.3) is 0 Å². The van der Waals surface area contributed by atoms with E-state index in [-0.39, 0.29) is 5.78 Å². The number of ketones is 1. The van der Waals surface area contributed by atoms with Crippen LogP contribution in [0.5, 0.6) is 5.75 Å². The number of para-hydroxylation sites is 1. The molecule has 0 radical (unpaired) electrons. The molecule has 0 bridgehead atoms. The van der Waals surface area contributed by atoms with Crippen LogP contribution in [-0.2, 0) is 13.0 Å². The van der Waals surface area contributed by atoms with Gasteiger partial charge >= 0.3 is 0 Å². The topological polar surface area (TPSA) is 52.3 Å². The second-order valence-corrected chi connectivity index (χ2v) is 4.98. The maximum atomic E-state index is 12.6. The molecule has 2 aromatic rings.